The van der Waals surface area contributed by atoms with E-state index in [2.05, 4.69) is 4.99 Å². The van der Waals surface area contributed by atoms with E-state index >= 15 is 0 Å². The van der Waals surface area contributed by atoms with E-state index in [1.807, 2.05) is 30.3 Å². The fourth-order valence-electron chi connectivity index (χ4n) is 4.07. The molecule has 2 aliphatic heterocycles. The van der Waals surface area contributed by atoms with Gasteiger partial charge in [-0.25, -0.2) is 14.7 Å². The summed E-state index contributed by atoms with van der Waals surface area (Å²) in [5.74, 6) is -0.254. The van der Waals surface area contributed by atoms with Crippen LogP contribution in [0.4, 0.5) is 16.2 Å². The molecule has 2 heterocycles. The molecule has 3 aromatic rings. The maximum Gasteiger partial charge on any atom is 0.416 e. The number of carbonyl (C=O) groups is 2. The lowest BCUT2D eigenvalue weighted by Gasteiger charge is -2.27. The molecule has 0 aliphatic carbocycles. The summed E-state index contributed by atoms with van der Waals surface area (Å²) in [6, 6.07) is 23.5. The van der Waals surface area contributed by atoms with Crippen molar-refractivity contribution in [2.45, 2.75) is 6.42 Å². The van der Waals surface area contributed by atoms with E-state index in [9.17, 15) is 14.7 Å². The first-order valence-electron chi connectivity index (χ1n) is 10.0. The van der Waals surface area contributed by atoms with Gasteiger partial charge < -0.3 is 10.0 Å². The number of carbonyl (C=O) groups excluding carboxylic acids is 1. The number of para-hydroxylation sites is 3. The molecule has 2 amide bonds. The van der Waals surface area contributed by atoms with Crippen LogP contribution in [0, 0.1) is 0 Å². The second-order valence-corrected chi connectivity index (χ2v) is 7.34. The van der Waals surface area contributed by atoms with Gasteiger partial charge in [0.05, 0.1) is 28.0 Å². The molecule has 0 atom stereocenters. The SMILES string of the molecule is O=C(c1ccccc1N(C(=O)O)c1ccccc1)N1C=C2N=c3ccccc3=C2CC1. The molecule has 0 spiro atoms. The quantitative estimate of drug-likeness (QED) is 0.717. The Labute approximate surface area is 178 Å². The number of anilines is 2. The van der Waals surface area contributed by atoms with E-state index in [-0.39, 0.29) is 5.91 Å². The summed E-state index contributed by atoms with van der Waals surface area (Å²) in [5, 5.41) is 11.9. The number of hydrogen-bond acceptors (Lipinski definition) is 3. The lowest BCUT2D eigenvalue weighted by molar-refractivity contribution is 0.0822. The third-order valence-electron chi connectivity index (χ3n) is 5.50. The highest BCUT2D eigenvalue weighted by Crippen LogP contribution is 2.31. The van der Waals surface area contributed by atoms with Gasteiger partial charge in [0.1, 0.15) is 0 Å². The van der Waals surface area contributed by atoms with Gasteiger partial charge in [-0.3, -0.25) is 4.79 Å². The van der Waals surface area contributed by atoms with Gasteiger partial charge in [-0.1, -0.05) is 48.5 Å². The van der Waals surface area contributed by atoms with Crippen LogP contribution >= 0.6 is 0 Å². The van der Waals surface area contributed by atoms with Crippen molar-refractivity contribution in [2.75, 3.05) is 11.4 Å². The largest absolute Gasteiger partial charge is 0.464 e. The van der Waals surface area contributed by atoms with Crippen LogP contribution in [0.3, 0.4) is 0 Å². The standard InChI is InChI=1S/C25H19N3O3/c29-24(27-15-14-19-18-10-4-6-12-21(18)26-22(19)16-27)20-11-5-7-13-23(20)28(25(30)31)17-8-2-1-3-9-17/h1-13,16H,14-15H2,(H,30,31). The summed E-state index contributed by atoms with van der Waals surface area (Å²) < 4.78 is 0. The Hall–Kier alpha value is -4.19. The van der Waals surface area contributed by atoms with Gasteiger partial charge in [0, 0.05) is 18.0 Å². The van der Waals surface area contributed by atoms with E-state index in [4.69, 9.17) is 0 Å². The van der Waals surface area contributed by atoms with E-state index in [0.717, 1.165) is 26.7 Å². The zero-order chi connectivity index (χ0) is 21.4. The average Bonchev–Trinajstić information content (AvgIpc) is 3.17. The first-order valence-corrected chi connectivity index (χ1v) is 10.0. The second kappa shape index (κ2) is 7.57. The minimum absolute atomic E-state index is 0.254. The first kappa shape index (κ1) is 18.8. The summed E-state index contributed by atoms with van der Waals surface area (Å²) >= 11 is 0. The van der Waals surface area contributed by atoms with Crippen molar-refractivity contribution in [1.82, 2.24) is 4.90 Å². The molecule has 3 aromatic carbocycles. The molecule has 0 saturated carbocycles. The van der Waals surface area contributed by atoms with Crippen molar-refractivity contribution in [1.29, 1.82) is 0 Å². The van der Waals surface area contributed by atoms with Gasteiger partial charge in [0.15, 0.2) is 0 Å². The Morgan fingerprint density at radius 1 is 0.903 bits per heavy atom. The number of amides is 2. The molecule has 152 valence electrons. The summed E-state index contributed by atoms with van der Waals surface area (Å²) in [7, 11) is 0. The van der Waals surface area contributed by atoms with E-state index in [0.29, 0.717) is 29.9 Å². The summed E-state index contributed by atoms with van der Waals surface area (Å²) in [4.78, 5) is 33.0. The molecule has 2 aliphatic rings. The Bertz CT molecular complexity index is 1350. The lowest BCUT2D eigenvalue weighted by atomic mass is 10.0. The monoisotopic (exact) mass is 409 g/mol. The van der Waals surface area contributed by atoms with Crippen LogP contribution in [0.2, 0.25) is 0 Å². The zero-order valence-corrected chi connectivity index (χ0v) is 16.6. The van der Waals surface area contributed by atoms with Crippen LogP contribution in [0.5, 0.6) is 0 Å². The van der Waals surface area contributed by atoms with Crippen LogP contribution in [0.15, 0.2) is 95.8 Å². The van der Waals surface area contributed by atoms with Crippen LogP contribution in [0.25, 0.3) is 5.57 Å². The van der Waals surface area contributed by atoms with Crippen LogP contribution < -0.4 is 15.5 Å². The lowest BCUT2D eigenvalue weighted by Crippen LogP contribution is -2.33. The zero-order valence-electron chi connectivity index (χ0n) is 16.6. The molecule has 0 unspecified atom stereocenters. The number of carboxylic acid groups (broad SMARTS) is 1. The Kier molecular flexibility index (Phi) is 4.59. The van der Waals surface area contributed by atoms with E-state index in [1.54, 1.807) is 59.6 Å². The number of benzene rings is 3. The fourth-order valence-corrected chi connectivity index (χ4v) is 4.07. The predicted octanol–water partition coefficient (Wildman–Crippen LogP) is 3.67. The minimum Gasteiger partial charge on any atom is -0.464 e. The van der Waals surface area contributed by atoms with Gasteiger partial charge in [0.25, 0.3) is 5.91 Å². The molecule has 0 aromatic heterocycles. The van der Waals surface area contributed by atoms with Crippen molar-refractivity contribution in [3.63, 3.8) is 0 Å². The smallest absolute Gasteiger partial charge is 0.416 e. The molecule has 6 heteroatoms. The number of rotatable bonds is 3. The Morgan fingerprint density at radius 2 is 1.61 bits per heavy atom. The summed E-state index contributed by atoms with van der Waals surface area (Å²) in [6.07, 6.45) is 1.31. The Morgan fingerprint density at radius 3 is 2.42 bits per heavy atom. The highest BCUT2D eigenvalue weighted by molar-refractivity contribution is 6.06. The molecule has 1 N–H and O–H groups in total. The van der Waals surface area contributed by atoms with Crippen molar-refractivity contribution >= 4 is 28.9 Å². The van der Waals surface area contributed by atoms with Crippen LogP contribution in [0.1, 0.15) is 16.8 Å². The third-order valence-corrected chi connectivity index (χ3v) is 5.50. The van der Waals surface area contributed by atoms with Crippen LogP contribution in [-0.2, 0) is 0 Å². The van der Waals surface area contributed by atoms with Crippen molar-refractivity contribution in [2.24, 2.45) is 4.99 Å². The molecule has 0 saturated heterocycles. The number of nitrogens with zero attached hydrogens (tertiary/aromatic N) is 3. The topological polar surface area (TPSA) is 73.2 Å². The normalized spacial score (nSPS) is 14.3. The van der Waals surface area contributed by atoms with Gasteiger partial charge in [-0.2, -0.15) is 0 Å². The highest BCUT2D eigenvalue weighted by Gasteiger charge is 2.28. The van der Waals surface area contributed by atoms with E-state index in [1.165, 1.54) is 0 Å². The molecular formula is C25H19N3O3. The number of hydrogen-bond donors (Lipinski definition) is 1. The fraction of sp³-hybridized carbons (Fsp3) is 0.0800. The van der Waals surface area contributed by atoms with Crippen LogP contribution in [-0.4, -0.2) is 28.6 Å². The maximum atomic E-state index is 13.5. The molecule has 5 rings (SSSR count). The molecule has 6 nitrogen and oxygen atoms in total. The molecule has 0 fully saturated rings. The Balaban J connectivity index is 1.54. The third kappa shape index (κ3) is 3.28. The molecule has 0 radical (unpaired) electrons. The maximum absolute atomic E-state index is 13.5. The summed E-state index contributed by atoms with van der Waals surface area (Å²) in [6.45, 7) is 0.508. The molecular weight excluding hydrogens is 390 g/mol. The molecule has 31 heavy (non-hydrogen) atoms. The second-order valence-electron chi connectivity index (χ2n) is 7.34. The average molecular weight is 409 g/mol. The van der Waals surface area contributed by atoms with Gasteiger partial charge >= 0.3 is 6.09 Å². The number of fused-ring (bicyclic) bond motifs is 2. The predicted molar refractivity (Wildman–Crippen MR) is 117 cm³/mol. The van der Waals surface area contributed by atoms with Crippen molar-refractivity contribution in [3.8, 4) is 0 Å². The van der Waals surface area contributed by atoms with Gasteiger partial charge in [0.2, 0.25) is 0 Å². The number of allylic oxidation sites excluding steroid dienone is 1. The minimum atomic E-state index is -1.15. The van der Waals surface area contributed by atoms with E-state index < -0.39 is 6.09 Å². The first-order chi connectivity index (χ1) is 15.1. The van der Waals surface area contributed by atoms with Crippen molar-refractivity contribution in [3.05, 3.63) is 107 Å². The molecule has 0 bridgehead atoms. The van der Waals surface area contributed by atoms with Crippen molar-refractivity contribution < 1.29 is 14.7 Å². The van der Waals surface area contributed by atoms with Gasteiger partial charge in [-0.05, 0) is 42.3 Å². The summed E-state index contributed by atoms with van der Waals surface area (Å²) in [5.41, 5.74) is 3.06. The highest BCUT2D eigenvalue weighted by atomic mass is 16.4. The van der Waals surface area contributed by atoms with Gasteiger partial charge in [-0.15, -0.1) is 0 Å².